The van der Waals surface area contributed by atoms with Gasteiger partial charge in [0.1, 0.15) is 0 Å². The fraction of sp³-hybridized carbons (Fsp3) is 0.241. The van der Waals surface area contributed by atoms with Crippen LogP contribution >= 0.6 is 0 Å². The number of rotatable bonds is 0. The fourth-order valence-electron chi connectivity index (χ4n) is 4.17. The molecule has 1 aliphatic carbocycles. The first-order chi connectivity index (χ1) is 14.4. The van der Waals surface area contributed by atoms with Crippen molar-refractivity contribution in [1.82, 2.24) is 0 Å². The van der Waals surface area contributed by atoms with Crippen molar-refractivity contribution in [2.75, 3.05) is 0 Å². The molecule has 0 aliphatic heterocycles. The van der Waals surface area contributed by atoms with Crippen LogP contribution in [0.5, 0.6) is 0 Å². The first kappa shape index (κ1) is 28.6. The molecule has 0 spiro atoms. The summed E-state index contributed by atoms with van der Waals surface area (Å²) in [5.41, 5.74) is 8.84. The molecule has 0 amide bonds. The van der Waals surface area contributed by atoms with Crippen LogP contribution in [0.15, 0.2) is 72.8 Å². The molecule has 0 nitrogen and oxygen atoms in total. The van der Waals surface area contributed by atoms with Crippen molar-refractivity contribution < 1.29 is 49.0 Å². The number of halogens is 2. The number of hydrogen-bond acceptors (Lipinski definition) is 0. The van der Waals surface area contributed by atoms with E-state index < -0.39 is 0 Å². The van der Waals surface area contributed by atoms with Crippen LogP contribution in [-0.2, 0) is 36.1 Å². The van der Waals surface area contributed by atoms with E-state index in [4.69, 9.17) is 0 Å². The van der Waals surface area contributed by atoms with E-state index in [1.54, 1.807) is 0 Å². The summed E-state index contributed by atoms with van der Waals surface area (Å²) in [6.45, 7) is 10.9. The molecule has 0 aromatic heterocycles. The largest absolute Gasteiger partial charge is 1.00 e. The molecule has 4 aromatic rings. The average molecular weight is 541 g/mol. The van der Waals surface area contributed by atoms with Gasteiger partial charge in [-0.1, -0.05) is 75.1 Å². The van der Waals surface area contributed by atoms with Crippen molar-refractivity contribution >= 4 is 14.5 Å². The van der Waals surface area contributed by atoms with Gasteiger partial charge in [-0.2, -0.15) is 11.6 Å². The van der Waals surface area contributed by atoms with Gasteiger partial charge in [0, 0.05) is 0 Å². The van der Waals surface area contributed by atoms with E-state index >= 15 is 0 Å². The summed E-state index contributed by atoms with van der Waals surface area (Å²) in [5.74, 6) is 0. The monoisotopic (exact) mass is 538 g/mol. The molecule has 0 saturated heterocycles. The zero-order valence-corrected chi connectivity index (χ0v) is 23.4. The first-order valence-corrected chi connectivity index (χ1v) is 12.0. The van der Waals surface area contributed by atoms with Gasteiger partial charge in [-0.05, 0) is 17.5 Å². The van der Waals surface area contributed by atoms with Gasteiger partial charge >= 0.3 is 34.9 Å². The molecule has 0 bridgehead atoms. The smallest absolute Gasteiger partial charge is 0.0246 e. The average Bonchev–Trinajstić information content (AvgIpc) is 3.32. The Balaban J connectivity index is 0.000000297. The molecule has 32 heavy (non-hydrogen) atoms. The minimum Gasteiger partial charge on any atom is -1.00 e. The van der Waals surface area contributed by atoms with Crippen molar-refractivity contribution in [3.63, 3.8) is 0 Å². The Hall–Kier alpha value is -1.40. The molecule has 5 rings (SSSR count). The van der Waals surface area contributed by atoms with E-state index in [1.165, 1.54) is 68.4 Å². The van der Waals surface area contributed by atoms with Crippen LogP contribution in [0, 0.1) is 13.0 Å². The first-order valence-electron chi connectivity index (χ1n) is 10.5. The summed E-state index contributed by atoms with van der Waals surface area (Å²) in [6.07, 6.45) is 1.04. The quantitative estimate of drug-likeness (QED) is 0.262. The number of aryl methyl sites for hydroxylation is 1. The Kier molecular flexibility index (Phi) is 11.4. The Morgan fingerprint density at radius 1 is 0.906 bits per heavy atom. The van der Waals surface area contributed by atoms with Crippen molar-refractivity contribution in [2.24, 2.45) is 0 Å². The third kappa shape index (κ3) is 6.57. The minimum atomic E-state index is 0. The summed E-state index contributed by atoms with van der Waals surface area (Å²) in [7, 11) is 0. The molecule has 0 radical (unpaired) electrons. The molecule has 0 saturated carbocycles. The van der Waals surface area contributed by atoms with Crippen LogP contribution in [0.1, 0.15) is 49.9 Å². The minimum absolute atomic E-state index is 0. The molecule has 0 fully saturated rings. The summed E-state index contributed by atoms with van der Waals surface area (Å²) in [6, 6.07) is 29.2. The Morgan fingerprint density at radius 2 is 1.59 bits per heavy atom. The van der Waals surface area contributed by atoms with Crippen LogP contribution in [0.4, 0.5) is 0 Å². The van der Waals surface area contributed by atoms with E-state index in [2.05, 4.69) is 104 Å². The van der Waals surface area contributed by atoms with Gasteiger partial charge in [-0.3, -0.25) is 0 Å². The van der Waals surface area contributed by atoms with Gasteiger partial charge in [0.05, 0.1) is 0 Å². The Morgan fingerprint density at radius 3 is 2.19 bits per heavy atom. The second kappa shape index (κ2) is 12.7. The molecule has 1 aliphatic rings. The summed E-state index contributed by atoms with van der Waals surface area (Å²) >= 11 is 1.51. The normalized spacial score (nSPS) is 10.8. The molecule has 0 atom stereocenters. The fourth-order valence-corrected chi connectivity index (χ4v) is 4.17. The van der Waals surface area contributed by atoms with Gasteiger partial charge in [-0.25, -0.2) is 12.1 Å². The molecule has 166 valence electrons. The van der Waals surface area contributed by atoms with Gasteiger partial charge in [0.15, 0.2) is 0 Å². The summed E-state index contributed by atoms with van der Waals surface area (Å²) < 4.78 is 2.09. The zero-order valence-electron chi connectivity index (χ0n) is 19.5. The summed E-state index contributed by atoms with van der Waals surface area (Å²) in [5, 5.41) is 2.57. The molecular weight excluding hydrogens is 510 g/mol. The van der Waals surface area contributed by atoms with Crippen molar-refractivity contribution in [1.29, 1.82) is 0 Å². The predicted octanol–water partition coefficient (Wildman–Crippen LogP) is 1.59. The van der Waals surface area contributed by atoms with Gasteiger partial charge in [-0.15, -0.1) is 46.2 Å². The van der Waals surface area contributed by atoms with Crippen molar-refractivity contribution in [3.05, 3.63) is 101 Å². The molecule has 0 unspecified atom stereocenters. The van der Waals surface area contributed by atoms with Crippen LogP contribution in [0.25, 0.3) is 21.9 Å². The van der Waals surface area contributed by atoms with Gasteiger partial charge in [0.2, 0.25) is 0 Å². The third-order valence-electron chi connectivity index (χ3n) is 5.46. The number of benzene rings is 3. The van der Waals surface area contributed by atoms with Crippen molar-refractivity contribution in [3.8, 4) is 11.1 Å². The SMILES string of the molecule is C[CH]=[Zr+2].Cc1ccc[c-]1C(C)(C)C.[Cl-].[Cl-].[c-]1cccc2ccc3c(c12)Cc1ccccc1-3. The van der Waals surface area contributed by atoms with E-state index in [-0.39, 0.29) is 24.8 Å². The Labute approximate surface area is 221 Å². The van der Waals surface area contributed by atoms with E-state index in [0.717, 1.165) is 6.42 Å². The topological polar surface area (TPSA) is 0 Å². The van der Waals surface area contributed by atoms with Crippen LogP contribution in [0.3, 0.4) is 0 Å². The maximum absolute atomic E-state index is 3.39. The maximum atomic E-state index is 3.39. The second-order valence-electron chi connectivity index (χ2n) is 8.72. The summed E-state index contributed by atoms with van der Waals surface area (Å²) in [4.78, 5) is 0. The van der Waals surface area contributed by atoms with Gasteiger partial charge in [0.25, 0.3) is 0 Å². The second-order valence-corrected chi connectivity index (χ2v) is 10.1. The zero-order chi connectivity index (χ0) is 21.7. The number of fused-ring (bicyclic) bond motifs is 5. The Bertz CT molecular complexity index is 1150. The standard InChI is InChI=1S/C17H11.C10H15.C2H4.2ClH.Zr/c1-3-7-14-12(5-1)9-10-16-15-8-4-2-6-13(15)11-17(14)16;1-8-6-5-7-9(8)10(2,3)4;1-2;;;/h1-6,8-10H,11H2;5-7H,1-4H3;1H,2H3;2*1H;/q2*-1;;;;+2/p-2. The van der Waals surface area contributed by atoms with Gasteiger partial charge < -0.3 is 24.8 Å². The maximum Gasteiger partial charge on any atom is -0.0246 e. The van der Waals surface area contributed by atoms with E-state index in [9.17, 15) is 0 Å². The van der Waals surface area contributed by atoms with E-state index in [0.29, 0.717) is 5.41 Å². The van der Waals surface area contributed by atoms with Crippen LogP contribution in [-0.4, -0.2) is 3.71 Å². The van der Waals surface area contributed by atoms with Crippen LogP contribution in [0.2, 0.25) is 0 Å². The number of hydrogen-bond donors (Lipinski definition) is 0. The molecule has 4 aromatic carbocycles. The van der Waals surface area contributed by atoms with E-state index in [1.807, 2.05) is 13.0 Å². The molecule has 0 N–H and O–H groups in total. The van der Waals surface area contributed by atoms with Crippen LogP contribution < -0.4 is 24.8 Å². The molecule has 3 heteroatoms. The predicted molar refractivity (Wildman–Crippen MR) is 128 cm³/mol. The van der Waals surface area contributed by atoms with Crippen molar-refractivity contribution in [2.45, 2.75) is 46.5 Å². The third-order valence-corrected chi connectivity index (χ3v) is 5.46. The molecule has 0 heterocycles. The molecular formula is C29H30Cl2Zr-2.